The van der Waals surface area contributed by atoms with Gasteiger partial charge in [-0.15, -0.1) is 0 Å². The Morgan fingerprint density at radius 1 is 1.13 bits per heavy atom. The lowest BCUT2D eigenvalue weighted by molar-refractivity contribution is 0.0982. The minimum absolute atomic E-state index is 0.0942. The highest BCUT2D eigenvalue weighted by Crippen LogP contribution is 2.32. The Morgan fingerprint density at radius 2 is 1.83 bits per heavy atom. The van der Waals surface area contributed by atoms with E-state index < -0.39 is 15.8 Å². The highest BCUT2D eigenvalue weighted by atomic mass is 35.5. The monoisotopic (exact) mass is 353 g/mol. The molecule has 120 valence electrons. The second-order valence-electron chi connectivity index (χ2n) is 5.29. The molecule has 0 saturated heterocycles. The summed E-state index contributed by atoms with van der Waals surface area (Å²) in [7, 11) is -3.68. The Morgan fingerprint density at radius 3 is 2.52 bits per heavy atom. The number of carbonyl (C=O) groups excluding carboxylic acids is 1. The van der Waals surface area contributed by atoms with Crippen LogP contribution in [0.4, 0.5) is 10.1 Å². The van der Waals surface area contributed by atoms with Crippen molar-refractivity contribution in [3.8, 4) is 0 Å². The normalized spacial score (nSPS) is 14.7. The van der Waals surface area contributed by atoms with Crippen LogP contribution in [0.2, 0.25) is 5.02 Å². The van der Waals surface area contributed by atoms with Crippen molar-refractivity contribution in [2.45, 2.75) is 12.2 Å². The van der Waals surface area contributed by atoms with Crippen molar-refractivity contribution in [1.29, 1.82) is 0 Å². The van der Waals surface area contributed by atoms with Crippen molar-refractivity contribution < 1.29 is 17.6 Å². The molecule has 0 aliphatic carbocycles. The smallest absolute Gasteiger partial charge is 0.239 e. The fourth-order valence-electron chi connectivity index (χ4n) is 2.57. The number of Topliss-reactive ketones (excluding diaryl/α,β-unsaturated/α-hetero) is 1. The molecule has 1 aliphatic rings. The molecule has 0 amide bonds. The van der Waals surface area contributed by atoms with E-state index in [1.54, 1.807) is 6.07 Å². The first kappa shape index (κ1) is 16.0. The second-order valence-corrected chi connectivity index (χ2v) is 7.62. The summed E-state index contributed by atoms with van der Waals surface area (Å²) in [5.74, 6) is -0.811. The number of hydrogen-bond acceptors (Lipinski definition) is 3. The van der Waals surface area contributed by atoms with E-state index in [2.05, 4.69) is 0 Å². The van der Waals surface area contributed by atoms with E-state index in [1.165, 1.54) is 40.7 Å². The van der Waals surface area contributed by atoms with Gasteiger partial charge in [-0.3, -0.25) is 9.10 Å². The molecule has 3 rings (SSSR count). The van der Waals surface area contributed by atoms with E-state index >= 15 is 0 Å². The third-order valence-corrected chi connectivity index (χ3v) is 5.65. The lowest BCUT2D eigenvalue weighted by Gasteiger charge is -2.29. The summed E-state index contributed by atoms with van der Waals surface area (Å²) in [6, 6.07) is 9.89. The molecular weight excluding hydrogens is 341 g/mol. The molecule has 2 aromatic carbocycles. The summed E-state index contributed by atoms with van der Waals surface area (Å²) in [4.78, 5) is 12.0. The maximum atomic E-state index is 12.9. The Balaban J connectivity index is 1.96. The minimum atomic E-state index is -3.68. The van der Waals surface area contributed by atoms with E-state index in [1.807, 2.05) is 0 Å². The van der Waals surface area contributed by atoms with Gasteiger partial charge in [0.1, 0.15) is 5.82 Å². The molecule has 0 saturated carbocycles. The molecule has 1 aliphatic heterocycles. The van der Waals surface area contributed by atoms with Gasteiger partial charge in [0.15, 0.2) is 5.78 Å². The minimum Gasteiger partial charge on any atom is -0.294 e. The predicted molar refractivity (Wildman–Crippen MR) is 86.8 cm³/mol. The van der Waals surface area contributed by atoms with E-state index in [-0.39, 0.29) is 24.5 Å². The molecule has 1 heterocycles. The number of nitrogens with zero attached hydrogens (tertiary/aromatic N) is 1. The van der Waals surface area contributed by atoms with Gasteiger partial charge in [0.25, 0.3) is 0 Å². The number of benzene rings is 2. The molecule has 2 aromatic rings. The zero-order chi connectivity index (χ0) is 16.6. The van der Waals surface area contributed by atoms with Crippen molar-refractivity contribution in [3.05, 3.63) is 64.4 Å². The summed E-state index contributed by atoms with van der Waals surface area (Å²) >= 11 is 5.89. The van der Waals surface area contributed by atoms with Crippen LogP contribution in [-0.4, -0.2) is 20.7 Å². The van der Waals surface area contributed by atoms with E-state index in [0.29, 0.717) is 21.8 Å². The zero-order valence-electron chi connectivity index (χ0n) is 12.0. The number of carbonyl (C=O) groups is 1. The van der Waals surface area contributed by atoms with Gasteiger partial charge < -0.3 is 0 Å². The van der Waals surface area contributed by atoms with Crippen LogP contribution >= 0.6 is 11.6 Å². The number of hydrogen-bond donors (Lipinski definition) is 0. The van der Waals surface area contributed by atoms with E-state index in [4.69, 9.17) is 11.6 Å². The van der Waals surface area contributed by atoms with Crippen molar-refractivity contribution in [1.82, 2.24) is 0 Å². The Bertz CT molecular complexity index is 865. The van der Waals surface area contributed by atoms with Crippen LogP contribution in [0.3, 0.4) is 0 Å². The largest absolute Gasteiger partial charge is 0.294 e. The Hall–Kier alpha value is -1.92. The Labute approximate surface area is 138 Å². The maximum absolute atomic E-state index is 12.9. The van der Waals surface area contributed by atoms with Crippen molar-refractivity contribution in [2.24, 2.45) is 0 Å². The first-order valence-corrected chi connectivity index (χ1v) is 8.93. The lowest BCUT2D eigenvalue weighted by atomic mass is 10.0. The SMILES string of the molecule is O=C1CCN(S(=O)(=O)Cc2ccc(F)cc2)c2ccc(Cl)cc21. The topological polar surface area (TPSA) is 54.5 Å². The third-order valence-electron chi connectivity index (χ3n) is 3.67. The number of anilines is 1. The summed E-state index contributed by atoms with van der Waals surface area (Å²) < 4.78 is 39.5. The first-order chi connectivity index (χ1) is 10.9. The van der Waals surface area contributed by atoms with Crippen molar-refractivity contribution >= 4 is 33.1 Å². The van der Waals surface area contributed by atoms with Gasteiger partial charge in [0.2, 0.25) is 10.0 Å². The summed E-state index contributed by atoms with van der Waals surface area (Å²) in [5, 5.41) is 0.384. The van der Waals surface area contributed by atoms with Gasteiger partial charge in [0, 0.05) is 23.6 Å². The average molecular weight is 354 g/mol. The molecule has 0 aromatic heterocycles. The molecule has 0 spiro atoms. The van der Waals surface area contributed by atoms with Crippen LogP contribution in [0.15, 0.2) is 42.5 Å². The van der Waals surface area contributed by atoms with Crippen LogP contribution in [0.1, 0.15) is 22.3 Å². The first-order valence-electron chi connectivity index (χ1n) is 6.94. The number of ketones is 1. The molecule has 0 atom stereocenters. The van der Waals surface area contributed by atoms with Crippen molar-refractivity contribution in [3.63, 3.8) is 0 Å². The number of fused-ring (bicyclic) bond motifs is 1. The average Bonchev–Trinajstić information content (AvgIpc) is 2.50. The van der Waals surface area contributed by atoms with Crippen molar-refractivity contribution in [2.75, 3.05) is 10.8 Å². The van der Waals surface area contributed by atoms with Crippen LogP contribution in [0.25, 0.3) is 0 Å². The molecule has 4 nitrogen and oxygen atoms in total. The van der Waals surface area contributed by atoms with E-state index in [9.17, 15) is 17.6 Å². The highest BCUT2D eigenvalue weighted by Gasteiger charge is 2.31. The molecule has 0 bridgehead atoms. The third kappa shape index (κ3) is 3.23. The van der Waals surface area contributed by atoms with Gasteiger partial charge in [-0.2, -0.15) is 0 Å². The number of sulfonamides is 1. The summed E-state index contributed by atoms with van der Waals surface area (Å²) in [6.45, 7) is 0.0942. The number of halogens is 2. The van der Waals surface area contributed by atoms with Crippen LogP contribution in [0, 0.1) is 5.82 Å². The van der Waals surface area contributed by atoms with Crippen LogP contribution in [-0.2, 0) is 15.8 Å². The van der Waals surface area contributed by atoms with Gasteiger partial charge >= 0.3 is 0 Å². The second kappa shape index (κ2) is 5.94. The maximum Gasteiger partial charge on any atom is 0.239 e. The quantitative estimate of drug-likeness (QED) is 0.849. The molecule has 0 N–H and O–H groups in total. The zero-order valence-corrected chi connectivity index (χ0v) is 13.6. The Kier molecular flexibility index (Phi) is 4.12. The molecule has 0 radical (unpaired) electrons. The molecule has 0 fully saturated rings. The fourth-order valence-corrected chi connectivity index (χ4v) is 4.34. The summed E-state index contributed by atoms with van der Waals surface area (Å²) in [5.41, 5.74) is 1.14. The van der Waals surface area contributed by atoms with Crippen LogP contribution in [0.5, 0.6) is 0 Å². The van der Waals surface area contributed by atoms with Gasteiger partial charge in [0.05, 0.1) is 11.4 Å². The van der Waals surface area contributed by atoms with Gasteiger partial charge in [-0.25, -0.2) is 12.8 Å². The van der Waals surface area contributed by atoms with Gasteiger partial charge in [-0.1, -0.05) is 23.7 Å². The van der Waals surface area contributed by atoms with E-state index in [0.717, 1.165) is 0 Å². The van der Waals surface area contributed by atoms with Crippen LogP contribution < -0.4 is 4.31 Å². The highest BCUT2D eigenvalue weighted by molar-refractivity contribution is 7.92. The lowest BCUT2D eigenvalue weighted by Crippen LogP contribution is -2.38. The molecule has 23 heavy (non-hydrogen) atoms. The summed E-state index contributed by atoms with van der Waals surface area (Å²) in [6.07, 6.45) is 0.107. The molecule has 7 heteroatoms. The number of rotatable bonds is 3. The molecular formula is C16H13ClFNO3S. The standard InChI is InChI=1S/C16H13ClFNO3S/c17-12-3-6-15-14(9-12)16(20)7-8-19(15)23(21,22)10-11-1-4-13(18)5-2-11/h1-6,9H,7-8,10H2. The fraction of sp³-hybridized carbons (Fsp3) is 0.188. The predicted octanol–water partition coefficient (Wildman–Crippen LogP) is 3.40. The van der Waals surface area contributed by atoms with Gasteiger partial charge in [-0.05, 0) is 35.9 Å². The molecule has 0 unspecified atom stereocenters.